The van der Waals surface area contributed by atoms with E-state index in [9.17, 15) is 4.79 Å². The molecular formula is C13H12N4O. The molecule has 3 rings (SSSR count). The number of pyridine rings is 1. The molecule has 0 saturated carbocycles. The molecule has 0 fully saturated rings. The number of imidazole rings is 2. The predicted molar refractivity (Wildman–Crippen MR) is 67.1 cm³/mol. The lowest BCUT2D eigenvalue weighted by molar-refractivity contribution is 0.111. The van der Waals surface area contributed by atoms with Gasteiger partial charge in [0.15, 0.2) is 12.1 Å². The van der Waals surface area contributed by atoms with E-state index in [1.54, 1.807) is 10.6 Å². The Bertz CT molecular complexity index is 711. The van der Waals surface area contributed by atoms with Crippen LogP contribution in [0.5, 0.6) is 0 Å². The van der Waals surface area contributed by atoms with E-state index in [4.69, 9.17) is 0 Å². The van der Waals surface area contributed by atoms with Gasteiger partial charge in [-0.2, -0.15) is 0 Å². The van der Waals surface area contributed by atoms with E-state index in [-0.39, 0.29) is 0 Å². The lowest BCUT2D eigenvalue weighted by atomic mass is 10.4. The molecule has 0 aliphatic rings. The molecule has 5 nitrogen and oxygen atoms in total. The van der Waals surface area contributed by atoms with E-state index in [0.717, 1.165) is 24.2 Å². The van der Waals surface area contributed by atoms with Crippen LogP contribution < -0.4 is 0 Å². The molecule has 0 aliphatic carbocycles. The summed E-state index contributed by atoms with van der Waals surface area (Å²) in [6.07, 6.45) is 7.00. The first-order chi connectivity index (χ1) is 8.85. The van der Waals surface area contributed by atoms with Gasteiger partial charge in [-0.1, -0.05) is 13.0 Å². The number of fused-ring (bicyclic) bond motifs is 1. The first-order valence-corrected chi connectivity index (χ1v) is 5.80. The summed E-state index contributed by atoms with van der Waals surface area (Å²) in [4.78, 5) is 20.0. The molecule has 0 bridgehead atoms. The molecule has 0 aliphatic heterocycles. The van der Waals surface area contributed by atoms with Gasteiger partial charge in [0.2, 0.25) is 0 Å². The molecule has 0 atom stereocenters. The maximum atomic E-state index is 11.3. The summed E-state index contributed by atoms with van der Waals surface area (Å²) in [5.74, 6) is 1.52. The lowest BCUT2D eigenvalue weighted by Gasteiger charge is -2.02. The third-order valence-electron chi connectivity index (χ3n) is 2.92. The Morgan fingerprint density at radius 2 is 2.22 bits per heavy atom. The minimum absolute atomic E-state index is 0.540. The summed E-state index contributed by atoms with van der Waals surface area (Å²) in [6.45, 7) is 2.02. The number of rotatable bonds is 3. The van der Waals surface area contributed by atoms with E-state index in [1.165, 1.54) is 0 Å². The molecular weight excluding hydrogens is 228 g/mol. The monoisotopic (exact) mass is 240 g/mol. The zero-order valence-corrected chi connectivity index (χ0v) is 9.95. The van der Waals surface area contributed by atoms with Gasteiger partial charge < -0.3 is 0 Å². The fraction of sp³-hybridized carbons (Fsp3) is 0.154. The maximum absolute atomic E-state index is 11.3. The molecule has 3 heterocycles. The van der Waals surface area contributed by atoms with Gasteiger partial charge >= 0.3 is 0 Å². The Morgan fingerprint density at radius 3 is 3.00 bits per heavy atom. The van der Waals surface area contributed by atoms with E-state index in [2.05, 4.69) is 9.97 Å². The Morgan fingerprint density at radius 1 is 1.33 bits per heavy atom. The highest BCUT2D eigenvalue weighted by Gasteiger charge is 2.14. The van der Waals surface area contributed by atoms with Crippen molar-refractivity contribution in [3.8, 4) is 5.82 Å². The number of carbonyl (C=O) groups is 1. The molecule has 3 aromatic rings. The fourth-order valence-electron chi connectivity index (χ4n) is 2.08. The van der Waals surface area contributed by atoms with Crippen LogP contribution in [0.3, 0.4) is 0 Å². The van der Waals surface area contributed by atoms with Crippen molar-refractivity contribution in [2.24, 2.45) is 0 Å². The van der Waals surface area contributed by atoms with E-state index >= 15 is 0 Å². The predicted octanol–water partition coefficient (Wildman–Crippen LogP) is 1.89. The third-order valence-corrected chi connectivity index (χ3v) is 2.92. The first-order valence-electron chi connectivity index (χ1n) is 5.80. The number of nitrogens with zero attached hydrogens (tertiary/aromatic N) is 4. The molecule has 0 saturated heterocycles. The number of hydrogen-bond acceptors (Lipinski definition) is 3. The van der Waals surface area contributed by atoms with Gasteiger partial charge in [-0.3, -0.25) is 13.8 Å². The second-order valence-corrected chi connectivity index (χ2v) is 3.93. The second kappa shape index (κ2) is 4.10. The van der Waals surface area contributed by atoms with Gasteiger partial charge in [0.05, 0.1) is 0 Å². The molecule has 3 aromatic heterocycles. The normalized spacial score (nSPS) is 10.9. The Labute approximate surface area is 104 Å². The second-order valence-electron chi connectivity index (χ2n) is 3.93. The summed E-state index contributed by atoms with van der Waals surface area (Å²) >= 11 is 0. The molecule has 0 amide bonds. The SMILES string of the molecule is CCc1nccn1-c1nc2ccccn2c1C=O. The van der Waals surface area contributed by atoms with Crippen LogP contribution in [0.25, 0.3) is 11.5 Å². The van der Waals surface area contributed by atoms with Crippen LogP contribution in [0.1, 0.15) is 23.2 Å². The van der Waals surface area contributed by atoms with Gasteiger partial charge in [-0.25, -0.2) is 9.97 Å². The van der Waals surface area contributed by atoms with Crippen LogP contribution in [-0.4, -0.2) is 25.2 Å². The molecule has 18 heavy (non-hydrogen) atoms. The summed E-state index contributed by atoms with van der Waals surface area (Å²) in [5, 5.41) is 0. The van der Waals surface area contributed by atoms with Gasteiger partial charge in [0.1, 0.15) is 17.2 Å². The zero-order valence-electron chi connectivity index (χ0n) is 9.95. The summed E-state index contributed by atoms with van der Waals surface area (Å²) in [5.41, 5.74) is 1.30. The smallest absolute Gasteiger partial charge is 0.170 e. The lowest BCUT2D eigenvalue weighted by Crippen LogP contribution is -2.03. The highest BCUT2D eigenvalue weighted by Crippen LogP contribution is 2.17. The Balaban J connectivity index is 2.32. The third kappa shape index (κ3) is 1.44. The minimum Gasteiger partial charge on any atom is -0.296 e. The van der Waals surface area contributed by atoms with E-state index in [0.29, 0.717) is 11.5 Å². The van der Waals surface area contributed by atoms with Crippen molar-refractivity contribution in [2.45, 2.75) is 13.3 Å². The molecule has 5 heteroatoms. The van der Waals surface area contributed by atoms with Crippen LogP contribution in [0.2, 0.25) is 0 Å². The average Bonchev–Trinajstić information content (AvgIpc) is 3.01. The van der Waals surface area contributed by atoms with E-state index in [1.807, 2.05) is 42.1 Å². The average molecular weight is 240 g/mol. The van der Waals surface area contributed by atoms with Crippen molar-refractivity contribution >= 4 is 11.9 Å². The van der Waals surface area contributed by atoms with Crippen molar-refractivity contribution in [3.05, 3.63) is 48.3 Å². The fourth-order valence-corrected chi connectivity index (χ4v) is 2.08. The zero-order chi connectivity index (χ0) is 12.5. The Hall–Kier alpha value is -2.43. The molecule has 0 N–H and O–H groups in total. The molecule has 90 valence electrons. The number of aldehydes is 1. The number of aryl methyl sites for hydroxylation is 1. The summed E-state index contributed by atoms with van der Waals surface area (Å²) in [7, 11) is 0. The maximum Gasteiger partial charge on any atom is 0.170 e. The molecule has 0 unspecified atom stereocenters. The number of aromatic nitrogens is 4. The number of hydrogen-bond donors (Lipinski definition) is 0. The molecule has 0 aromatic carbocycles. The standard InChI is InChI=1S/C13H12N4O/c1-2-11-14-6-8-17(11)13-10(9-18)16-7-4-3-5-12(16)15-13/h3-9H,2H2,1H3. The van der Waals surface area contributed by atoms with Crippen molar-refractivity contribution in [2.75, 3.05) is 0 Å². The van der Waals surface area contributed by atoms with Gasteiger partial charge in [0, 0.05) is 25.0 Å². The summed E-state index contributed by atoms with van der Waals surface area (Å²) < 4.78 is 3.64. The van der Waals surface area contributed by atoms with Crippen LogP contribution in [-0.2, 0) is 6.42 Å². The van der Waals surface area contributed by atoms with Crippen molar-refractivity contribution in [3.63, 3.8) is 0 Å². The summed E-state index contributed by atoms with van der Waals surface area (Å²) in [6, 6.07) is 5.65. The van der Waals surface area contributed by atoms with Crippen molar-refractivity contribution < 1.29 is 4.79 Å². The van der Waals surface area contributed by atoms with Gasteiger partial charge in [-0.05, 0) is 12.1 Å². The largest absolute Gasteiger partial charge is 0.296 e. The topological polar surface area (TPSA) is 52.2 Å². The molecule has 0 spiro atoms. The van der Waals surface area contributed by atoms with Crippen LogP contribution in [0.15, 0.2) is 36.8 Å². The van der Waals surface area contributed by atoms with Crippen LogP contribution in [0, 0.1) is 0 Å². The van der Waals surface area contributed by atoms with Crippen molar-refractivity contribution in [1.82, 2.24) is 18.9 Å². The Kier molecular flexibility index (Phi) is 2.44. The minimum atomic E-state index is 0.540. The van der Waals surface area contributed by atoms with E-state index < -0.39 is 0 Å². The molecule has 0 radical (unpaired) electrons. The number of carbonyl (C=O) groups excluding carboxylic acids is 1. The first kappa shape index (κ1) is 10.7. The van der Waals surface area contributed by atoms with Crippen LogP contribution in [0.4, 0.5) is 0 Å². The van der Waals surface area contributed by atoms with Gasteiger partial charge in [-0.15, -0.1) is 0 Å². The quantitative estimate of drug-likeness (QED) is 0.657. The van der Waals surface area contributed by atoms with Crippen LogP contribution >= 0.6 is 0 Å². The van der Waals surface area contributed by atoms with Crippen molar-refractivity contribution in [1.29, 1.82) is 0 Å². The highest BCUT2D eigenvalue weighted by atomic mass is 16.1. The van der Waals surface area contributed by atoms with Gasteiger partial charge in [0.25, 0.3) is 0 Å². The highest BCUT2D eigenvalue weighted by molar-refractivity contribution is 5.80.